The van der Waals surface area contributed by atoms with Gasteiger partial charge in [-0.2, -0.15) is 0 Å². The van der Waals surface area contributed by atoms with Crippen molar-refractivity contribution < 1.29 is 4.79 Å². The number of halogens is 2. The molecule has 5 nitrogen and oxygen atoms in total. The first kappa shape index (κ1) is 17.5. The third-order valence-electron chi connectivity index (χ3n) is 3.43. The topological polar surface area (TPSA) is 74.8 Å². The smallest absolute Gasteiger partial charge is 0.254 e. The van der Waals surface area contributed by atoms with E-state index in [1.165, 1.54) is 0 Å². The summed E-state index contributed by atoms with van der Waals surface area (Å²) in [6, 6.07) is 5.12. The van der Waals surface area contributed by atoms with E-state index in [4.69, 9.17) is 23.2 Å². The Morgan fingerprint density at radius 1 is 1.30 bits per heavy atom. The summed E-state index contributed by atoms with van der Waals surface area (Å²) in [4.78, 5) is 30.7. The SMILES string of the molecule is Cc1nc(C)c(CCC(=O)NCc2ccc(Cl)cc2Cl)c(=O)[nH]1. The number of aryl methyl sites for hydroxylation is 2. The zero-order valence-electron chi connectivity index (χ0n) is 12.9. The van der Waals surface area contributed by atoms with Gasteiger partial charge in [-0.3, -0.25) is 9.59 Å². The maximum Gasteiger partial charge on any atom is 0.254 e. The van der Waals surface area contributed by atoms with Crippen molar-refractivity contribution in [3.05, 3.63) is 61.2 Å². The Balaban J connectivity index is 1.92. The number of hydrogen-bond acceptors (Lipinski definition) is 3. The van der Waals surface area contributed by atoms with Crippen LogP contribution in [-0.2, 0) is 17.8 Å². The summed E-state index contributed by atoms with van der Waals surface area (Å²) in [5.74, 6) is 0.411. The van der Waals surface area contributed by atoms with Gasteiger partial charge in [0.25, 0.3) is 5.56 Å². The standard InChI is InChI=1S/C16H17Cl2N3O2/c1-9-13(16(23)21-10(2)20-9)5-6-15(22)19-8-11-3-4-12(17)7-14(11)18/h3-4,7H,5-6,8H2,1-2H3,(H,19,22)(H,20,21,23). The molecule has 2 aromatic rings. The van der Waals surface area contributed by atoms with E-state index in [0.29, 0.717) is 40.1 Å². The third kappa shape index (κ3) is 4.81. The van der Waals surface area contributed by atoms with Gasteiger partial charge in [-0.05, 0) is 38.0 Å². The molecule has 23 heavy (non-hydrogen) atoms. The fourth-order valence-electron chi connectivity index (χ4n) is 2.23. The van der Waals surface area contributed by atoms with E-state index in [2.05, 4.69) is 15.3 Å². The van der Waals surface area contributed by atoms with Crippen molar-refractivity contribution in [3.8, 4) is 0 Å². The van der Waals surface area contributed by atoms with Gasteiger partial charge in [-0.1, -0.05) is 29.3 Å². The predicted octanol–water partition coefficient (Wildman–Crippen LogP) is 2.94. The highest BCUT2D eigenvalue weighted by Gasteiger charge is 2.10. The molecule has 0 spiro atoms. The number of aromatic amines is 1. The van der Waals surface area contributed by atoms with Gasteiger partial charge in [-0.15, -0.1) is 0 Å². The van der Waals surface area contributed by atoms with E-state index >= 15 is 0 Å². The molecule has 0 unspecified atom stereocenters. The number of rotatable bonds is 5. The van der Waals surface area contributed by atoms with Crippen molar-refractivity contribution in [2.45, 2.75) is 33.2 Å². The summed E-state index contributed by atoms with van der Waals surface area (Å²) in [7, 11) is 0. The van der Waals surface area contributed by atoms with E-state index in [9.17, 15) is 9.59 Å². The summed E-state index contributed by atoms with van der Waals surface area (Å²) >= 11 is 11.9. The molecule has 0 aliphatic rings. The van der Waals surface area contributed by atoms with Crippen LogP contribution in [0.2, 0.25) is 10.0 Å². The Kier molecular flexibility index (Phi) is 5.80. The molecule has 1 amide bonds. The first-order chi connectivity index (χ1) is 10.9. The molecular weight excluding hydrogens is 337 g/mol. The highest BCUT2D eigenvalue weighted by Crippen LogP contribution is 2.20. The van der Waals surface area contributed by atoms with Crippen molar-refractivity contribution in [3.63, 3.8) is 0 Å². The summed E-state index contributed by atoms with van der Waals surface area (Å²) < 4.78 is 0. The lowest BCUT2D eigenvalue weighted by Crippen LogP contribution is -2.25. The lowest BCUT2D eigenvalue weighted by atomic mass is 10.1. The molecule has 0 radical (unpaired) electrons. The Bertz CT molecular complexity index is 787. The van der Waals surface area contributed by atoms with E-state index in [0.717, 1.165) is 5.56 Å². The van der Waals surface area contributed by atoms with Crippen LogP contribution >= 0.6 is 23.2 Å². The number of nitrogens with one attached hydrogen (secondary N) is 2. The van der Waals surface area contributed by atoms with Gasteiger partial charge in [0.2, 0.25) is 5.91 Å². The van der Waals surface area contributed by atoms with Crippen LogP contribution in [0, 0.1) is 13.8 Å². The molecule has 122 valence electrons. The van der Waals surface area contributed by atoms with E-state index < -0.39 is 0 Å². The number of carbonyl (C=O) groups is 1. The second-order valence-corrected chi connectivity index (χ2v) is 6.07. The minimum atomic E-state index is -0.191. The van der Waals surface area contributed by atoms with Crippen molar-refractivity contribution in [2.75, 3.05) is 0 Å². The maximum atomic E-state index is 11.9. The number of aromatic nitrogens is 2. The average molecular weight is 354 g/mol. The number of amides is 1. The average Bonchev–Trinajstić information content (AvgIpc) is 2.45. The van der Waals surface area contributed by atoms with Gasteiger partial charge in [-0.25, -0.2) is 4.98 Å². The number of carbonyl (C=O) groups excluding carboxylic acids is 1. The summed E-state index contributed by atoms with van der Waals surface area (Å²) in [5.41, 5.74) is 1.79. The number of benzene rings is 1. The van der Waals surface area contributed by atoms with Crippen LogP contribution in [0.3, 0.4) is 0 Å². The summed E-state index contributed by atoms with van der Waals surface area (Å²) in [6.07, 6.45) is 0.550. The van der Waals surface area contributed by atoms with Gasteiger partial charge in [0.05, 0.1) is 0 Å². The largest absolute Gasteiger partial charge is 0.352 e. The van der Waals surface area contributed by atoms with Gasteiger partial charge < -0.3 is 10.3 Å². The lowest BCUT2D eigenvalue weighted by molar-refractivity contribution is -0.121. The molecule has 1 aromatic carbocycles. The van der Waals surface area contributed by atoms with E-state index in [1.807, 2.05) is 0 Å². The van der Waals surface area contributed by atoms with Crippen LogP contribution in [0.15, 0.2) is 23.0 Å². The molecule has 2 rings (SSSR count). The van der Waals surface area contributed by atoms with Gasteiger partial charge in [0.15, 0.2) is 0 Å². The number of nitrogens with zero attached hydrogens (tertiary/aromatic N) is 1. The zero-order valence-corrected chi connectivity index (χ0v) is 14.4. The van der Waals surface area contributed by atoms with Crippen LogP contribution < -0.4 is 10.9 Å². The van der Waals surface area contributed by atoms with Crippen LogP contribution in [0.1, 0.15) is 29.1 Å². The molecule has 2 N–H and O–H groups in total. The Hall–Kier alpha value is -1.85. The Morgan fingerprint density at radius 3 is 2.70 bits per heavy atom. The molecule has 0 saturated carbocycles. The van der Waals surface area contributed by atoms with Crippen LogP contribution in [-0.4, -0.2) is 15.9 Å². The molecule has 0 aliphatic heterocycles. The van der Waals surface area contributed by atoms with Gasteiger partial charge in [0.1, 0.15) is 5.82 Å². The van der Waals surface area contributed by atoms with E-state index in [-0.39, 0.29) is 17.9 Å². The summed E-state index contributed by atoms with van der Waals surface area (Å²) in [6.45, 7) is 3.81. The van der Waals surface area contributed by atoms with Crippen LogP contribution in [0.25, 0.3) is 0 Å². The van der Waals surface area contributed by atoms with Gasteiger partial charge >= 0.3 is 0 Å². The molecule has 0 aliphatic carbocycles. The second-order valence-electron chi connectivity index (χ2n) is 5.23. The maximum absolute atomic E-state index is 11.9. The summed E-state index contributed by atoms with van der Waals surface area (Å²) in [5, 5.41) is 3.84. The van der Waals surface area contributed by atoms with Crippen molar-refractivity contribution in [1.82, 2.24) is 15.3 Å². The van der Waals surface area contributed by atoms with E-state index in [1.54, 1.807) is 32.0 Å². The quantitative estimate of drug-likeness (QED) is 0.867. The Morgan fingerprint density at radius 2 is 2.04 bits per heavy atom. The van der Waals surface area contributed by atoms with Crippen molar-refractivity contribution in [2.24, 2.45) is 0 Å². The predicted molar refractivity (Wildman–Crippen MR) is 91.0 cm³/mol. The minimum absolute atomic E-state index is 0.157. The normalized spacial score (nSPS) is 10.6. The molecule has 0 fully saturated rings. The molecule has 1 aromatic heterocycles. The highest BCUT2D eigenvalue weighted by molar-refractivity contribution is 6.35. The first-order valence-corrected chi connectivity index (χ1v) is 7.89. The lowest BCUT2D eigenvalue weighted by Gasteiger charge is -2.08. The molecule has 1 heterocycles. The van der Waals surface area contributed by atoms with Crippen LogP contribution in [0.4, 0.5) is 0 Å². The van der Waals surface area contributed by atoms with Crippen molar-refractivity contribution >= 4 is 29.1 Å². The number of H-pyrrole nitrogens is 1. The zero-order chi connectivity index (χ0) is 17.0. The highest BCUT2D eigenvalue weighted by atomic mass is 35.5. The first-order valence-electron chi connectivity index (χ1n) is 7.14. The molecule has 7 heteroatoms. The Labute approximate surface area is 144 Å². The van der Waals surface area contributed by atoms with Crippen LogP contribution in [0.5, 0.6) is 0 Å². The number of hydrogen-bond donors (Lipinski definition) is 2. The minimum Gasteiger partial charge on any atom is -0.352 e. The molecule has 0 saturated heterocycles. The fourth-order valence-corrected chi connectivity index (χ4v) is 2.71. The second kappa shape index (κ2) is 7.62. The molecular formula is C16H17Cl2N3O2. The monoisotopic (exact) mass is 353 g/mol. The fraction of sp³-hybridized carbons (Fsp3) is 0.312. The third-order valence-corrected chi connectivity index (χ3v) is 4.02. The van der Waals surface area contributed by atoms with Crippen molar-refractivity contribution in [1.29, 1.82) is 0 Å². The van der Waals surface area contributed by atoms with Gasteiger partial charge in [0, 0.05) is 34.3 Å². The molecule has 0 atom stereocenters. The molecule has 0 bridgehead atoms.